The number of benzene rings is 1. The van der Waals surface area contributed by atoms with E-state index in [-0.39, 0.29) is 5.91 Å². The maximum absolute atomic E-state index is 11.9. The number of aryl methyl sites for hydroxylation is 1. The highest BCUT2D eigenvalue weighted by atomic mass is 32.1. The van der Waals surface area contributed by atoms with Crippen molar-refractivity contribution in [2.24, 2.45) is 0 Å². The Kier molecular flexibility index (Phi) is 5.95. The third-order valence-electron chi connectivity index (χ3n) is 3.33. The van der Waals surface area contributed by atoms with Crippen molar-refractivity contribution in [2.45, 2.75) is 39.2 Å². The van der Waals surface area contributed by atoms with Crippen LogP contribution in [0.25, 0.3) is 0 Å². The lowest BCUT2D eigenvalue weighted by molar-refractivity contribution is -0.121. The molecule has 0 aliphatic heterocycles. The third kappa shape index (κ3) is 4.84. The van der Waals surface area contributed by atoms with E-state index >= 15 is 0 Å². The van der Waals surface area contributed by atoms with E-state index in [0.717, 1.165) is 28.4 Å². The molecule has 0 aliphatic rings. The number of ether oxygens (including phenoxy) is 1. The van der Waals surface area contributed by atoms with Crippen LogP contribution in [0.5, 0.6) is 5.75 Å². The summed E-state index contributed by atoms with van der Waals surface area (Å²) in [4.78, 5) is 16.4. The first kappa shape index (κ1) is 16.5. The van der Waals surface area contributed by atoms with Gasteiger partial charge in [-0.25, -0.2) is 4.98 Å². The molecule has 2 aromatic rings. The van der Waals surface area contributed by atoms with Gasteiger partial charge in [0.1, 0.15) is 5.75 Å². The number of hydrogen-bond acceptors (Lipinski definition) is 4. The molecule has 0 atom stereocenters. The molecule has 5 heteroatoms. The number of carbonyl (C=O) groups excluding carboxylic acids is 1. The molecule has 0 spiro atoms. The van der Waals surface area contributed by atoms with E-state index in [4.69, 9.17) is 4.74 Å². The standard InChI is InChI=1S/C17H22N2O2S/c1-12(2)17-19-14(11-22-17)10-18-16(20)9-6-13-4-7-15(21-3)8-5-13/h4-5,7-8,11-12H,6,9-10H2,1-3H3,(H,18,20). The summed E-state index contributed by atoms with van der Waals surface area (Å²) in [5.74, 6) is 1.32. The first-order valence-corrected chi connectivity index (χ1v) is 8.30. The zero-order chi connectivity index (χ0) is 15.9. The predicted molar refractivity (Wildman–Crippen MR) is 89.4 cm³/mol. The second kappa shape index (κ2) is 7.94. The first-order valence-electron chi connectivity index (χ1n) is 7.42. The fourth-order valence-electron chi connectivity index (χ4n) is 2.00. The van der Waals surface area contributed by atoms with Crippen molar-refractivity contribution < 1.29 is 9.53 Å². The quantitative estimate of drug-likeness (QED) is 0.850. The van der Waals surface area contributed by atoms with E-state index in [9.17, 15) is 4.79 Å². The maximum Gasteiger partial charge on any atom is 0.220 e. The van der Waals surface area contributed by atoms with Crippen LogP contribution in [0.4, 0.5) is 0 Å². The van der Waals surface area contributed by atoms with Crippen LogP contribution < -0.4 is 10.1 Å². The molecule has 0 aliphatic carbocycles. The largest absolute Gasteiger partial charge is 0.497 e. The lowest BCUT2D eigenvalue weighted by atomic mass is 10.1. The second-order valence-electron chi connectivity index (χ2n) is 5.46. The molecule has 1 aromatic heterocycles. The molecule has 22 heavy (non-hydrogen) atoms. The average molecular weight is 318 g/mol. The number of amides is 1. The van der Waals surface area contributed by atoms with Crippen LogP contribution in [0.3, 0.4) is 0 Å². The van der Waals surface area contributed by atoms with Crippen molar-refractivity contribution in [1.82, 2.24) is 10.3 Å². The molecule has 0 radical (unpaired) electrons. The van der Waals surface area contributed by atoms with Gasteiger partial charge in [0.25, 0.3) is 0 Å². The van der Waals surface area contributed by atoms with Crippen molar-refractivity contribution >= 4 is 17.2 Å². The molecule has 1 heterocycles. The predicted octanol–water partition coefficient (Wildman–Crippen LogP) is 3.52. The van der Waals surface area contributed by atoms with E-state index < -0.39 is 0 Å². The Bertz CT molecular complexity index is 605. The van der Waals surface area contributed by atoms with Gasteiger partial charge in [-0.15, -0.1) is 11.3 Å². The fraction of sp³-hybridized carbons (Fsp3) is 0.412. The summed E-state index contributed by atoms with van der Waals surface area (Å²) in [6.45, 7) is 4.75. The number of hydrogen-bond donors (Lipinski definition) is 1. The Hall–Kier alpha value is -1.88. The van der Waals surface area contributed by atoms with Gasteiger partial charge in [-0.3, -0.25) is 4.79 Å². The Morgan fingerprint density at radius 2 is 2.05 bits per heavy atom. The number of nitrogens with one attached hydrogen (secondary N) is 1. The zero-order valence-corrected chi connectivity index (χ0v) is 14.1. The monoisotopic (exact) mass is 318 g/mol. The van der Waals surface area contributed by atoms with Crippen LogP contribution in [-0.4, -0.2) is 18.0 Å². The highest BCUT2D eigenvalue weighted by molar-refractivity contribution is 7.09. The lowest BCUT2D eigenvalue weighted by Gasteiger charge is -2.05. The van der Waals surface area contributed by atoms with Gasteiger partial charge in [0.2, 0.25) is 5.91 Å². The SMILES string of the molecule is COc1ccc(CCC(=O)NCc2csc(C(C)C)n2)cc1. The van der Waals surface area contributed by atoms with Crippen LogP contribution in [0.2, 0.25) is 0 Å². The van der Waals surface area contributed by atoms with Crippen LogP contribution >= 0.6 is 11.3 Å². The van der Waals surface area contributed by atoms with Gasteiger partial charge in [0.15, 0.2) is 0 Å². The van der Waals surface area contributed by atoms with Crippen molar-refractivity contribution in [3.63, 3.8) is 0 Å². The molecular formula is C17H22N2O2S. The lowest BCUT2D eigenvalue weighted by Crippen LogP contribution is -2.23. The fourth-order valence-corrected chi connectivity index (χ4v) is 2.83. The van der Waals surface area contributed by atoms with E-state index in [2.05, 4.69) is 24.1 Å². The van der Waals surface area contributed by atoms with Crippen LogP contribution in [-0.2, 0) is 17.8 Å². The Labute approximate surface area is 135 Å². The second-order valence-corrected chi connectivity index (χ2v) is 6.35. The van der Waals surface area contributed by atoms with Gasteiger partial charge in [0, 0.05) is 17.7 Å². The number of carbonyl (C=O) groups is 1. The smallest absolute Gasteiger partial charge is 0.220 e. The summed E-state index contributed by atoms with van der Waals surface area (Å²) in [5, 5.41) is 6.05. The number of nitrogens with zero attached hydrogens (tertiary/aromatic N) is 1. The Balaban J connectivity index is 1.75. The number of thiazole rings is 1. The van der Waals surface area contributed by atoms with Crippen molar-refractivity contribution in [1.29, 1.82) is 0 Å². The molecule has 118 valence electrons. The molecule has 0 saturated heterocycles. The molecular weight excluding hydrogens is 296 g/mol. The summed E-state index contributed by atoms with van der Waals surface area (Å²) >= 11 is 1.65. The summed E-state index contributed by atoms with van der Waals surface area (Å²) in [7, 11) is 1.64. The molecule has 1 aromatic carbocycles. The molecule has 0 saturated carbocycles. The topological polar surface area (TPSA) is 51.2 Å². The van der Waals surface area contributed by atoms with Crippen LogP contribution in [0, 0.1) is 0 Å². The summed E-state index contributed by atoms with van der Waals surface area (Å²) in [6.07, 6.45) is 1.21. The van der Waals surface area contributed by atoms with Crippen LogP contribution in [0.1, 0.15) is 42.5 Å². The Morgan fingerprint density at radius 1 is 1.32 bits per heavy atom. The number of rotatable bonds is 7. The minimum atomic E-state index is 0.0508. The third-order valence-corrected chi connectivity index (χ3v) is 4.52. The normalized spacial score (nSPS) is 10.7. The van der Waals surface area contributed by atoms with Crippen molar-refractivity contribution in [3.05, 3.63) is 45.9 Å². The van der Waals surface area contributed by atoms with Gasteiger partial charge in [-0.1, -0.05) is 26.0 Å². The van der Waals surface area contributed by atoms with E-state index in [1.165, 1.54) is 0 Å². The minimum absolute atomic E-state index is 0.0508. The summed E-state index contributed by atoms with van der Waals surface area (Å²) in [6, 6.07) is 7.80. The van der Waals surface area contributed by atoms with Gasteiger partial charge in [-0.05, 0) is 24.1 Å². The summed E-state index contributed by atoms with van der Waals surface area (Å²) < 4.78 is 5.12. The molecule has 1 N–H and O–H groups in total. The zero-order valence-electron chi connectivity index (χ0n) is 13.3. The molecule has 0 fully saturated rings. The highest BCUT2D eigenvalue weighted by Gasteiger charge is 2.07. The van der Waals surface area contributed by atoms with E-state index in [0.29, 0.717) is 18.9 Å². The average Bonchev–Trinajstić information content (AvgIpc) is 3.00. The Morgan fingerprint density at radius 3 is 2.64 bits per heavy atom. The van der Waals surface area contributed by atoms with Gasteiger partial charge < -0.3 is 10.1 Å². The van der Waals surface area contributed by atoms with Gasteiger partial charge in [0.05, 0.1) is 24.4 Å². The van der Waals surface area contributed by atoms with E-state index in [1.54, 1.807) is 18.4 Å². The van der Waals surface area contributed by atoms with E-state index in [1.807, 2.05) is 29.6 Å². The maximum atomic E-state index is 11.9. The number of aromatic nitrogens is 1. The molecule has 0 unspecified atom stereocenters. The first-order chi connectivity index (χ1) is 10.6. The van der Waals surface area contributed by atoms with Gasteiger partial charge in [-0.2, -0.15) is 0 Å². The summed E-state index contributed by atoms with van der Waals surface area (Å²) in [5.41, 5.74) is 2.07. The number of methoxy groups -OCH3 is 1. The molecule has 0 bridgehead atoms. The van der Waals surface area contributed by atoms with Gasteiger partial charge >= 0.3 is 0 Å². The molecule has 4 nitrogen and oxygen atoms in total. The minimum Gasteiger partial charge on any atom is -0.497 e. The highest BCUT2D eigenvalue weighted by Crippen LogP contribution is 2.19. The van der Waals surface area contributed by atoms with Crippen molar-refractivity contribution in [3.8, 4) is 5.75 Å². The van der Waals surface area contributed by atoms with Crippen LogP contribution in [0.15, 0.2) is 29.6 Å². The molecule has 1 amide bonds. The van der Waals surface area contributed by atoms with Crippen molar-refractivity contribution in [2.75, 3.05) is 7.11 Å². The molecule has 2 rings (SSSR count).